The van der Waals surface area contributed by atoms with E-state index < -0.39 is 25.4 Å². The maximum absolute atomic E-state index is 11.5. The number of hydrogen-bond donors (Lipinski definition) is 0. The Kier molecular flexibility index (Phi) is 3.85. The van der Waals surface area contributed by atoms with Gasteiger partial charge in [-0.1, -0.05) is 0 Å². The predicted octanol–water partition coefficient (Wildman–Crippen LogP) is 1.75. The average Bonchev–Trinajstić information content (AvgIpc) is 1.82. The molecule has 52 valence electrons. The molecular formula is C5H6F3N. The van der Waals surface area contributed by atoms with Gasteiger partial charge in [-0.2, -0.15) is 5.26 Å². The van der Waals surface area contributed by atoms with Gasteiger partial charge in [-0.25, -0.2) is 8.78 Å². The number of nitrogens with zero attached hydrogens (tertiary/aromatic N) is 1. The monoisotopic (exact) mass is 137 g/mol. The lowest BCUT2D eigenvalue weighted by Gasteiger charge is -2.04. The highest BCUT2D eigenvalue weighted by molar-refractivity contribution is 4.76. The Morgan fingerprint density at radius 1 is 1.44 bits per heavy atom. The zero-order valence-corrected chi connectivity index (χ0v) is 4.65. The molecule has 0 aliphatic rings. The third-order valence-corrected chi connectivity index (χ3v) is 0.908. The molecule has 0 spiro atoms. The van der Waals surface area contributed by atoms with Crippen molar-refractivity contribution in [2.45, 2.75) is 12.8 Å². The average molecular weight is 137 g/mol. The molecule has 0 fully saturated rings. The summed E-state index contributed by atoms with van der Waals surface area (Å²) in [5.74, 6) is -1.39. The molecule has 0 aromatic carbocycles. The zero-order valence-electron chi connectivity index (χ0n) is 4.65. The highest BCUT2D eigenvalue weighted by Crippen LogP contribution is 2.13. The summed E-state index contributed by atoms with van der Waals surface area (Å²) in [5, 5.41) is 7.87. The normalized spacial score (nSPS) is 13.2. The lowest BCUT2D eigenvalue weighted by Crippen LogP contribution is -2.12. The van der Waals surface area contributed by atoms with E-state index in [-0.39, 0.29) is 0 Å². The second-order valence-electron chi connectivity index (χ2n) is 1.61. The van der Waals surface area contributed by atoms with Gasteiger partial charge in [0.2, 0.25) is 6.43 Å². The van der Waals surface area contributed by atoms with E-state index in [9.17, 15) is 13.2 Å². The van der Waals surface area contributed by atoms with E-state index in [4.69, 9.17) is 5.26 Å². The number of alkyl halides is 3. The number of hydrogen-bond acceptors (Lipinski definition) is 1. The Labute approximate surface area is 51.1 Å². The van der Waals surface area contributed by atoms with Crippen LogP contribution in [0.15, 0.2) is 0 Å². The molecule has 0 bridgehead atoms. The summed E-state index contributed by atoms with van der Waals surface area (Å²) in [6.45, 7) is -1.12. The largest absolute Gasteiger partial charge is 0.251 e. The molecule has 0 aliphatic carbocycles. The van der Waals surface area contributed by atoms with E-state index in [1.807, 2.05) is 0 Å². The maximum atomic E-state index is 11.5. The van der Waals surface area contributed by atoms with Crippen LogP contribution < -0.4 is 0 Å². The summed E-state index contributed by atoms with van der Waals surface area (Å²) in [5.41, 5.74) is 0. The first kappa shape index (κ1) is 8.28. The van der Waals surface area contributed by atoms with Gasteiger partial charge in [-0.05, 0) is 0 Å². The fraction of sp³-hybridized carbons (Fsp3) is 0.800. The Morgan fingerprint density at radius 2 is 2.00 bits per heavy atom. The van der Waals surface area contributed by atoms with Crippen molar-refractivity contribution in [3.8, 4) is 6.07 Å². The van der Waals surface area contributed by atoms with Gasteiger partial charge in [0.25, 0.3) is 0 Å². The standard InChI is InChI=1S/C5H6F3N/c6-3-4(1-2-9)5(7)8/h4-5H,1,3H2. The Balaban J connectivity index is 3.57. The Morgan fingerprint density at radius 3 is 2.11 bits per heavy atom. The van der Waals surface area contributed by atoms with E-state index in [1.165, 1.54) is 6.07 Å². The number of halogens is 3. The lowest BCUT2D eigenvalue weighted by atomic mass is 10.1. The first-order valence-electron chi connectivity index (χ1n) is 2.43. The summed E-state index contributed by atoms with van der Waals surface area (Å²) < 4.78 is 34.5. The fourth-order valence-electron chi connectivity index (χ4n) is 0.328. The van der Waals surface area contributed by atoms with Crippen LogP contribution >= 0.6 is 0 Å². The fourth-order valence-corrected chi connectivity index (χ4v) is 0.328. The minimum Gasteiger partial charge on any atom is -0.251 e. The minimum atomic E-state index is -2.71. The van der Waals surface area contributed by atoms with Gasteiger partial charge in [0.15, 0.2) is 0 Å². The van der Waals surface area contributed by atoms with Crippen LogP contribution in [0.25, 0.3) is 0 Å². The summed E-state index contributed by atoms with van der Waals surface area (Å²) in [4.78, 5) is 0. The molecule has 1 unspecified atom stereocenters. The van der Waals surface area contributed by atoms with Crippen LogP contribution in [-0.4, -0.2) is 13.1 Å². The van der Waals surface area contributed by atoms with E-state index in [0.29, 0.717) is 0 Å². The minimum absolute atomic E-state index is 0.409. The van der Waals surface area contributed by atoms with Crippen LogP contribution in [0.2, 0.25) is 0 Å². The first-order chi connectivity index (χ1) is 4.22. The van der Waals surface area contributed by atoms with Crippen LogP contribution in [0, 0.1) is 17.2 Å². The molecule has 0 radical (unpaired) electrons. The summed E-state index contributed by atoms with van der Waals surface area (Å²) >= 11 is 0. The van der Waals surface area contributed by atoms with Crippen LogP contribution in [0.1, 0.15) is 6.42 Å². The smallest absolute Gasteiger partial charge is 0.244 e. The van der Waals surface area contributed by atoms with E-state index in [1.54, 1.807) is 0 Å². The molecule has 1 atom stereocenters. The second kappa shape index (κ2) is 4.19. The summed E-state index contributed by atoms with van der Waals surface area (Å²) in [6, 6.07) is 1.48. The third kappa shape index (κ3) is 2.96. The zero-order chi connectivity index (χ0) is 7.28. The molecule has 0 aliphatic heterocycles. The summed E-state index contributed by atoms with van der Waals surface area (Å²) in [6.07, 6.45) is -3.12. The Hall–Kier alpha value is -0.720. The lowest BCUT2D eigenvalue weighted by molar-refractivity contribution is 0.0650. The van der Waals surface area contributed by atoms with Crippen LogP contribution in [0.4, 0.5) is 13.2 Å². The molecule has 4 heteroatoms. The van der Waals surface area contributed by atoms with E-state index in [2.05, 4.69) is 0 Å². The van der Waals surface area contributed by atoms with Crippen molar-refractivity contribution in [3.63, 3.8) is 0 Å². The molecule has 0 amide bonds. The summed E-state index contributed by atoms with van der Waals surface area (Å²) in [7, 11) is 0. The quantitative estimate of drug-likeness (QED) is 0.581. The van der Waals surface area contributed by atoms with Crippen LogP contribution in [0.5, 0.6) is 0 Å². The molecule has 0 saturated heterocycles. The maximum Gasteiger partial charge on any atom is 0.244 e. The first-order valence-corrected chi connectivity index (χ1v) is 2.43. The molecule has 0 heterocycles. The van der Waals surface area contributed by atoms with Crippen molar-refractivity contribution in [2.75, 3.05) is 6.67 Å². The topological polar surface area (TPSA) is 23.8 Å². The molecule has 0 N–H and O–H groups in total. The van der Waals surface area contributed by atoms with Crippen molar-refractivity contribution in [3.05, 3.63) is 0 Å². The van der Waals surface area contributed by atoms with Gasteiger partial charge in [-0.3, -0.25) is 4.39 Å². The molecule has 1 nitrogen and oxygen atoms in total. The van der Waals surface area contributed by atoms with Crippen molar-refractivity contribution in [2.24, 2.45) is 5.92 Å². The van der Waals surface area contributed by atoms with Crippen molar-refractivity contribution in [1.82, 2.24) is 0 Å². The van der Waals surface area contributed by atoms with E-state index >= 15 is 0 Å². The number of rotatable bonds is 3. The van der Waals surface area contributed by atoms with Crippen molar-refractivity contribution in [1.29, 1.82) is 5.26 Å². The van der Waals surface area contributed by atoms with Gasteiger partial charge in [-0.15, -0.1) is 0 Å². The van der Waals surface area contributed by atoms with Crippen LogP contribution in [0.3, 0.4) is 0 Å². The predicted molar refractivity (Wildman–Crippen MR) is 25.7 cm³/mol. The van der Waals surface area contributed by atoms with Crippen molar-refractivity contribution < 1.29 is 13.2 Å². The van der Waals surface area contributed by atoms with E-state index in [0.717, 1.165) is 0 Å². The highest BCUT2D eigenvalue weighted by atomic mass is 19.3. The molecule has 0 aromatic rings. The molecule has 0 saturated carbocycles. The molecular weight excluding hydrogens is 131 g/mol. The van der Waals surface area contributed by atoms with Gasteiger partial charge >= 0.3 is 0 Å². The SMILES string of the molecule is N#CCC(CF)C(F)F. The van der Waals surface area contributed by atoms with Gasteiger partial charge in [0.05, 0.1) is 18.7 Å². The Bertz CT molecular complexity index is 107. The molecule has 0 aromatic heterocycles. The van der Waals surface area contributed by atoms with Gasteiger partial charge < -0.3 is 0 Å². The number of nitriles is 1. The van der Waals surface area contributed by atoms with Crippen LogP contribution in [-0.2, 0) is 0 Å². The third-order valence-electron chi connectivity index (χ3n) is 0.908. The second-order valence-corrected chi connectivity index (χ2v) is 1.61. The van der Waals surface area contributed by atoms with Gasteiger partial charge in [0.1, 0.15) is 0 Å². The van der Waals surface area contributed by atoms with Gasteiger partial charge in [0, 0.05) is 6.42 Å². The molecule has 0 rings (SSSR count). The van der Waals surface area contributed by atoms with Crippen molar-refractivity contribution >= 4 is 0 Å². The molecule has 9 heavy (non-hydrogen) atoms. The highest BCUT2D eigenvalue weighted by Gasteiger charge is 2.19.